The van der Waals surface area contributed by atoms with Gasteiger partial charge in [-0.15, -0.1) is 5.10 Å². The first-order valence-corrected chi connectivity index (χ1v) is 5.68. The van der Waals surface area contributed by atoms with Crippen LogP contribution in [-0.4, -0.2) is 20.8 Å². The van der Waals surface area contributed by atoms with E-state index in [1.54, 1.807) is 6.92 Å². The predicted molar refractivity (Wildman–Crippen MR) is 64.9 cm³/mol. The standard InChI is InChI=1S/C13H15N3O/c1-3-13-9-16(15-14-13)8-11-4-6-12(7-5-11)10(2)17/h4-7,9H,3,8H2,1-2H3. The molecule has 0 saturated carbocycles. The minimum absolute atomic E-state index is 0.0885. The average molecular weight is 229 g/mol. The molecule has 1 aromatic heterocycles. The third-order valence-corrected chi connectivity index (χ3v) is 2.65. The van der Waals surface area contributed by atoms with Crippen molar-refractivity contribution < 1.29 is 4.79 Å². The molecule has 4 heteroatoms. The molecule has 4 nitrogen and oxygen atoms in total. The van der Waals surface area contributed by atoms with E-state index >= 15 is 0 Å². The molecule has 1 heterocycles. The molecule has 0 atom stereocenters. The minimum atomic E-state index is 0.0885. The van der Waals surface area contributed by atoms with Crippen molar-refractivity contribution in [2.45, 2.75) is 26.8 Å². The van der Waals surface area contributed by atoms with Crippen LogP contribution >= 0.6 is 0 Å². The maximum absolute atomic E-state index is 11.1. The molecular weight excluding hydrogens is 214 g/mol. The first-order chi connectivity index (χ1) is 8.19. The Hall–Kier alpha value is -1.97. The van der Waals surface area contributed by atoms with Gasteiger partial charge < -0.3 is 0 Å². The van der Waals surface area contributed by atoms with Crippen LogP contribution in [0.4, 0.5) is 0 Å². The summed E-state index contributed by atoms with van der Waals surface area (Å²) in [5, 5.41) is 8.08. The lowest BCUT2D eigenvalue weighted by atomic mass is 10.1. The zero-order valence-corrected chi connectivity index (χ0v) is 10.1. The number of Topliss-reactive ketones (excluding diaryl/α,β-unsaturated/α-hetero) is 1. The molecule has 0 unspecified atom stereocenters. The van der Waals surface area contributed by atoms with Crippen molar-refractivity contribution in [2.75, 3.05) is 0 Å². The highest BCUT2D eigenvalue weighted by Crippen LogP contribution is 2.07. The second-order valence-corrected chi connectivity index (χ2v) is 4.01. The van der Waals surface area contributed by atoms with Gasteiger partial charge in [0, 0.05) is 11.8 Å². The Labute approximate surface area is 100 Å². The summed E-state index contributed by atoms with van der Waals surface area (Å²) in [6.45, 7) is 4.31. The molecule has 0 aliphatic rings. The van der Waals surface area contributed by atoms with Crippen LogP contribution in [0.2, 0.25) is 0 Å². The lowest BCUT2D eigenvalue weighted by Gasteiger charge is -2.01. The molecule has 17 heavy (non-hydrogen) atoms. The number of rotatable bonds is 4. The van der Waals surface area contributed by atoms with Gasteiger partial charge in [-0.2, -0.15) is 0 Å². The van der Waals surface area contributed by atoms with Gasteiger partial charge >= 0.3 is 0 Å². The summed E-state index contributed by atoms with van der Waals surface area (Å²) >= 11 is 0. The van der Waals surface area contributed by atoms with Crippen LogP contribution in [0.1, 0.15) is 35.5 Å². The summed E-state index contributed by atoms with van der Waals surface area (Å²) in [6.07, 6.45) is 2.84. The molecule has 0 aliphatic heterocycles. The summed E-state index contributed by atoms with van der Waals surface area (Å²) < 4.78 is 1.81. The molecule has 0 bridgehead atoms. The zero-order chi connectivity index (χ0) is 12.3. The van der Waals surface area contributed by atoms with E-state index in [1.165, 1.54) is 0 Å². The van der Waals surface area contributed by atoms with Crippen molar-refractivity contribution in [3.8, 4) is 0 Å². The van der Waals surface area contributed by atoms with E-state index < -0.39 is 0 Å². The van der Waals surface area contributed by atoms with E-state index in [2.05, 4.69) is 17.2 Å². The maximum Gasteiger partial charge on any atom is 0.159 e. The molecule has 0 spiro atoms. The van der Waals surface area contributed by atoms with Gasteiger partial charge in [0.15, 0.2) is 5.78 Å². The van der Waals surface area contributed by atoms with Crippen LogP contribution in [0.3, 0.4) is 0 Å². The summed E-state index contributed by atoms with van der Waals surface area (Å²) in [7, 11) is 0. The monoisotopic (exact) mass is 229 g/mol. The SMILES string of the molecule is CCc1cn(Cc2ccc(C(C)=O)cc2)nn1. The second-order valence-electron chi connectivity index (χ2n) is 4.01. The van der Waals surface area contributed by atoms with Crippen LogP contribution in [-0.2, 0) is 13.0 Å². The van der Waals surface area contributed by atoms with Gasteiger partial charge in [0.1, 0.15) is 0 Å². The van der Waals surface area contributed by atoms with Gasteiger partial charge in [-0.1, -0.05) is 36.4 Å². The highest BCUT2D eigenvalue weighted by atomic mass is 16.1. The fraction of sp³-hybridized carbons (Fsp3) is 0.308. The summed E-state index contributed by atoms with van der Waals surface area (Å²) in [6, 6.07) is 7.58. The van der Waals surface area contributed by atoms with Gasteiger partial charge in [-0.05, 0) is 18.9 Å². The number of aromatic nitrogens is 3. The minimum Gasteiger partial charge on any atom is -0.295 e. The van der Waals surface area contributed by atoms with E-state index in [0.29, 0.717) is 6.54 Å². The molecule has 0 aliphatic carbocycles. The van der Waals surface area contributed by atoms with Crippen molar-refractivity contribution >= 4 is 5.78 Å². The van der Waals surface area contributed by atoms with E-state index in [9.17, 15) is 4.79 Å². The van der Waals surface area contributed by atoms with E-state index in [4.69, 9.17) is 0 Å². The number of hydrogen-bond donors (Lipinski definition) is 0. The predicted octanol–water partition coefficient (Wildman–Crippen LogP) is 2.09. The molecule has 0 amide bonds. The van der Waals surface area contributed by atoms with Crippen molar-refractivity contribution in [2.24, 2.45) is 0 Å². The molecule has 2 rings (SSSR count). The Morgan fingerprint density at radius 1 is 1.29 bits per heavy atom. The maximum atomic E-state index is 11.1. The third-order valence-electron chi connectivity index (χ3n) is 2.65. The van der Waals surface area contributed by atoms with Gasteiger partial charge in [-0.3, -0.25) is 4.79 Å². The van der Waals surface area contributed by atoms with Crippen molar-refractivity contribution in [1.29, 1.82) is 0 Å². The summed E-state index contributed by atoms with van der Waals surface area (Å²) in [5.74, 6) is 0.0885. The van der Waals surface area contributed by atoms with E-state index in [-0.39, 0.29) is 5.78 Å². The number of ketones is 1. The first kappa shape index (κ1) is 11.5. The number of hydrogen-bond acceptors (Lipinski definition) is 3. The van der Waals surface area contributed by atoms with Crippen LogP contribution < -0.4 is 0 Å². The first-order valence-electron chi connectivity index (χ1n) is 5.68. The number of benzene rings is 1. The molecule has 2 aromatic rings. The summed E-state index contributed by atoms with van der Waals surface area (Å²) in [5.41, 5.74) is 2.84. The third kappa shape index (κ3) is 2.78. The molecule has 0 saturated heterocycles. The van der Waals surface area contributed by atoms with Gasteiger partial charge in [0.05, 0.1) is 12.2 Å². The molecule has 88 valence electrons. The summed E-state index contributed by atoms with van der Waals surface area (Å²) in [4.78, 5) is 11.1. The number of carbonyl (C=O) groups excluding carboxylic acids is 1. The normalized spacial score (nSPS) is 10.5. The quantitative estimate of drug-likeness (QED) is 0.754. The second kappa shape index (κ2) is 4.91. The van der Waals surface area contributed by atoms with Crippen molar-refractivity contribution in [3.05, 3.63) is 47.3 Å². The number of aryl methyl sites for hydroxylation is 1. The van der Waals surface area contributed by atoms with Crippen molar-refractivity contribution in [1.82, 2.24) is 15.0 Å². The number of carbonyl (C=O) groups is 1. The average Bonchev–Trinajstić information content (AvgIpc) is 2.77. The largest absolute Gasteiger partial charge is 0.295 e. The van der Waals surface area contributed by atoms with E-state index in [0.717, 1.165) is 23.2 Å². The highest BCUT2D eigenvalue weighted by Gasteiger charge is 2.01. The van der Waals surface area contributed by atoms with Crippen molar-refractivity contribution in [3.63, 3.8) is 0 Å². The van der Waals surface area contributed by atoms with E-state index in [1.807, 2.05) is 35.1 Å². The Bertz CT molecular complexity index is 514. The molecule has 0 radical (unpaired) electrons. The molecular formula is C13H15N3O. The smallest absolute Gasteiger partial charge is 0.159 e. The van der Waals surface area contributed by atoms with Gasteiger partial charge in [0.25, 0.3) is 0 Å². The van der Waals surface area contributed by atoms with Crippen LogP contribution in [0, 0.1) is 0 Å². The fourth-order valence-corrected chi connectivity index (χ4v) is 1.61. The fourth-order valence-electron chi connectivity index (χ4n) is 1.61. The van der Waals surface area contributed by atoms with Crippen LogP contribution in [0.25, 0.3) is 0 Å². The Morgan fingerprint density at radius 2 is 2.00 bits per heavy atom. The highest BCUT2D eigenvalue weighted by molar-refractivity contribution is 5.93. The lowest BCUT2D eigenvalue weighted by molar-refractivity contribution is 0.101. The molecule has 0 fully saturated rings. The topological polar surface area (TPSA) is 47.8 Å². The Kier molecular flexibility index (Phi) is 3.32. The van der Waals surface area contributed by atoms with Gasteiger partial charge in [0.2, 0.25) is 0 Å². The molecule has 1 aromatic carbocycles. The van der Waals surface area contributed by atoms with Gasteiger partial charge in [-0.25, -0.2) is 4.68 Å². The zero-order valence-electron chi connectivity index (χ0n) is 10.1. The molecule has 0 N–H and O–H groups in total. The van der Waals surface area contributed by atoms with Crippen LogP contribution in [0.15, 0.2) is 30.5 Å². The lowest BCUT2D eigenvalue weighted by Crippen LogP contribution is -2.01. The Morgan fingerprint density at radius 3 is 2.53 bits per heavy atom. The number of nitrogens with zero attached hydrogens (tertiary/aromatic N) is 3. The Balaban J connectivity index is 2.10. The van der Waals surface area contributed by atoms with Crippen LogP contribution in [0.5, 0.6) is 0 Å².